The van der Waals surface area contributed by atoms with Crippen molar-refractivity contribution >= 4 is 17.2 Å². The van der Waals surface area contributed by atoms with E-state index in [1.165, 1.54) is 16.7 Å². The summed E-state index contributed by atoms with van der Waals surface area (Å²) in [6, 6.07) is 6.76. The number of aromatic nitrogens is 2. The van der Waals surface area contributed by atoms with E-state index in [1.807, 2.05) is 24.4 Å². The van der Waals surface area contributed by atoms with Crippen molar-refractivity contribution in [3.63, 3.8) is 0 Å². The third kappa shape index (κ3) is 3.45. The highest BCUT2D eigenvalue weighted by molar-refractivity contribution is 5.98. The van der Waals surface area contributed by atoms with Crippen LogP contribution in [0.3, 0.4) is 0 Å². The van der Waals surface area contributed by atoms with E-state index in [2.05, 4.69) is 48.0 Å². The highest BCUT2D eigenvalue weighted by atomic mass is 16.1. The second-order valence-corrected chi connectivity index (χ2v) is 8.18. The highest BCUT2D eigenvalue weighted by Gasteiger charge is 2.27. The van der Waals surface area contributed by atoms with E-state index in [1.54, 1.807) is 7.05 Å². The Kier molecular flexibility index (Phi) is 5.52. The number of carbonyl (C=O) groups is 1. The van der Waals surface area contributed by atoms with Crippen molar-refractivity contribution in [3.05, 3.63) is 63.6 Å². The molecule has 1 amide bonds. The van der Waals surface area contributed by atoms with Gasteiger partial charge in [0.25, 0.3) is 5.91 Å². The van der Waals surface area contributed by atoms with Crippen LogP contribution >= 0.6 is 0 Å². The van der Waals surface area contributed by atoms with Crippen LogP contribution in [0.15, 0.2) is 24.4 Å². The summed E-state index contributed by atoms with van der Waals surface area (Å²) < 4.78 is 2.03. The van der Waals surface area contributed by atoms with Gasteiger partial charge in [0, 0.05) is 38.1 Å². The molecule has 1 aliphatic heterocycles. The molecule has 30 heavy (non-hydrogen) atoms. The number of aryl methyl sites for hydroxylation is 4. The lowest BCUT2D eigenvalue weighted by atomic mass is 9.94. The molecule has 3 N–H and O–H groups in total. The molecule has 1 aromatic carbocycles. The maximum absolute atomic E-state index is 12.7. The van der Waals surface area contributed by atoms with Crippen molar-refractivity contribution in [2.45, 2.75) is 53.1 Å². The fourth-order valence-electron chi connectivity index (χ4n) is 4.45. The number of pyridine rings is 1. The van der Waals surface area contributed by atoms with E-state index in [0.29, 0.717) is 5.56 Å². The zero-order chi connectivity index (χ0) is 21.4. The first kappa shape index (κ1) is 20.4. The number of hydrogen-bond donors (Lipinski definition) is 3. The van der Waals surface area contributed by atoms with Gasteiger partial charge in [0.1, 0.15) is 0 Å². The minimum Gasteiger partial charge on any atom is -0.380 e. The van der Waals surface area contributed by atoms with E-state index < -0.39 is 0 Å². The molecule has 0 radical (unpaired) electrons. The van der Waals surface area contributed by atoms with Gasteiger partial charge in [0.2, 0.25) is 0 Å². The van der Waals surface area contributed by atoms with Crippen LogP contribution in [0, 0.1) is 20.8 Å². The van der Waals surface area contributed by atoms with Crippen molar-refractivity contribution in [2.24, 2.45) is 0 Å². The van der Waals surface area contributed by atoms with E-state index in [9.17, 15) is 4.79 Å². The molecule has 0 saturated carbocycles. The summed E-state index contributed by atoms with van der Waals surface area (Å²) in [5.74, 6) is -0.0615. The van der Waals surface area contributed by atoms with Crippen molar-refractivity contribution in [3.8, 4) is 0 Å². The first-order valence-electron chi connectivity index (χ1n) is 10.7. The summed E-state index contributed by atoms with van der Waals surface area (Å²) in [5.41, 5.74) is 9.78. The van der Waals surface area contributed by atoms with E-state index in [-0.39, 0.29) is 11.9 Å². The lowest BCUT2D eigenvalue weighted by Crippen LogP contribution is -2.41. The fraction of sp³-hybridized carbons (Fsp3) is 0.417. The summed E-state index contributed by atoms with van der Waals surface area (Å²) in [4.78, 5) is 17.4. The maximum atomic E-state index is 12.7. The monoisotopic (exact) mass is 405 g/mol. The van der Waals surface area contributed by atoms with Crippen LogP contribution in [0.5, 0.6) is 0 Å². The Labute approximate surface area is 178 Å². The molecule has 1 aliphatic rings. The number of carbonyl (C=O) groups excluding carboxylic acids is 1. The molecule has 0 saturated heterocycles. The second-order valence-electron chi connectivity index (χ2n) is 8.18. The third-order valence-corrected chi connectivity index (χ3v) is 6.40. The highest BCUT2D eigenvalue weighted by Crippen LogP contribution is 2.31. The zero-order valence-electron chi connectivity index (χ0n) is 18.5. The summed E-state index contributed by atoms with van der Waals surface area (Å²) in [6.07, 6.45) is 3.75. The molecular weight excluding hydrogens is 374 g/mol. The Morgan fingerprint density at radius 1 is 1.30 bits per heavy atom. The van der Waals surface area contributed by atoms with E-state index in [4.69, 9.17) is 4.98 Å². The number of rotatable bonds is 5. The number of hydrogen-bond acceptors (Lipinski definition) is 4. The molecule has 3 aromatic rings. The average molecular weight is 406 g/mol. The summed E-state index contributed by atoms with van der Waals surface area (Å²) in [7, 11) is 1.68. The molecular formula is C24H31N5O. The molecule has 6 nitrogen and oxygen atoms in total. The van der Waals surface area contributed by atoms with Crippen LogP contribution in [-0.4, -0.2) is 34.9 Å². The molecule has 0 fully saturated rings. The number of fused-ring (bicyclic) bond motifs is 3. The second kappa shape index (κ2) is 8.11. The van der Waals surface area contributed by atoms with Gasteiger partial charge in [-0.15, -0.1) is 0 Å². The number of amides is 1. The normalized spacial score (nSPS) is 15.7. The predicted molar refractivity (Wildman–Crippen MR) is 121 cm³/mol. The number of nitrogens with zero attached hydrogens (tertiary/aromatic N) is 2. The summed E-state index contributed by atoms with van der Waals surface area (Å²) >= 11 is 0. The van der Waals surface area contributed by atoms with Crippen LogP contribution in [-0.2, 0) is 19.4 Å². The molecule has 1 atom stereocenters. The molecule has 4 rings (SSSR count). The van der Waals surface area contributed by atoms with Crippen LogP contribution in [0.4, 0.5) is 5.69 Å². The van der Waals surface area contributed by atoms with Crippen molar-refractivity contribution in [2.75, 3.05) is 18.9 Å². The van der Waals surface area contributed by atoms with Gasteiger partial charge in [0.05, 0.1) is 16.9 Å². The quantitative estimate of drug-likeness (QED) is 0.609. The Morgan fingerprint density at radius 3 is 2.83 bits per heavy atom. The van der Waals surface area contributed by atoms with Crippen molar-refractivity contribution < 1.29 is 4.79 Å². The summed E-state index contributed by atoms with van der Waals surface area (Å²) in [6.45, 7) is 10.1. The number of benzene rings is 1. The van der Waals surface area contributed by atoms with Gasteiger partial charge in [0.15, 0.2) is 5.65 Å². The van der Waals surface area contributed by atoms with Crippen LogP contribution in [0.1, 0.15) is 50.9 Å². The summed E-state index contributed by atoms with van der Waals surface area (Å²) in [5, 5.41) is 10.1. The lowest BCUT2D eigenvalue weighted by molar-refractivity contribution is 0.0961. The molecule has 2 aromatic heterocycles. The third-order valence-electron chi connectivity index (χ3n) is 6.40. The Balaban J connectivity index is 1.65. The fourth-order valence-corrected chi connectivity index (χ4v) is 4.45. The average Bonchev–Trinajstić information content (AvgIpc) is 3.05. The molecule has 0 aliphatic carbocycles. The Bertz CT molecular complexity index is 1110. The van der Waals surface area contributed by atoms with Gasteiger partial charge in [-0.3, -0.25) is 4.79 Å². The molecule has 158 valence electrons. The molecule has 0 bridgehead atoms. The molecule has 3 heterocycles. The van der Waals surface area contributed by atoms with Crippen molar-refractivity contribution in [1.82, 2.24) is 20.0 Å². The van der Waals surface area contributed by atoms with Crippen LogP contribution < -0.4 is 16.0 Å². The first-order chi connectivity index (χ1) is 14.4. The molecule has 0 spiro atoms. The Morgan fingerprint density at radius 2 is 2.10 bits per heavy atom. The zero-order valence-corrected chi connectivity index (χ0v) is 18.5. The Hall–Kier alpha value is -2.86. The van der Waals surface area contributed by atoms with Gasteiger partial charge < -0.3 is 20.4 Å². The predicted octanol–water partition coefficient (Wildman–Crippen LogP) is 3.31. The topological polar surface area (TPSA) is 70.5 Å². The maximum Gasteiger partial charge on any atom is 0.252 e. The standard InChI is InChI=1S/C24H31N5O/c1-6-17-9-7-8-14(2)20(17)12-26-18-10-19-21(24(30)25-5)13-29-16(4)15(3)28-23(29)22(19)27-11-18/h7-9,13,18,26-27H,6,10-12H2,1-5H3,(H,25,30). The van der Waals surface area contributed by atoms with E-state index >= 15 is 0 Å². The minimum absolute atomic E-state index is 0.0615. The number of imidazole rings is 1. The van der Waals surface area contributed by atoms with Gasteiger partial charge in [-0.25, -0.2) is 4.98 Å². The lowest BCUT2D eigenvalue weighted by Gasteiger charge is -2.29. The van der Waals surface area contributed by atoms with Crippen LogP contribution in [0.25, 0.3) is 5.65 Å². The number of anilines is 1. The number of nitrogens with one attached hydrogen (secondary N) is 3. The first-order valence-corrected chi connectivity index (χ1v) is 10.7. The smallest absolute Gasteiger partial charge is 0.252 e. The molecule has 6 heteroatoms. The van der Waals surface area contributed by atoms with Crippen molar-refractivity contribution in [1.29, 1.82) is 0 Å². The largest absolute Gasteiger partial charge is 0.380 e. The van der Waals surface area contributed by atoms with E-state index in [0.717, 1.165) is 54.2 Å². The SMILES string of the molecule is CCc1cccc(C)c1CNC1CNc2c(c(C(=O)NC)cn3c(C)c(C)nc23)C1. The minimum atomic E-state index is -0.0615. The van der Waals surface area contributed by atoms with Gasteiger partial charge in [-0.05, 0) is 55.9 Å². The van der Waals surface area contributed by atoms with Gasteiger partial charge >= 0.3 is 0 Å². The van der Waals surface area contributed by atoms with Gasteiger partial charge in [-0.2, -0.15) is 0 Å². The van der Waals surface area contributed by atoms with Crippen LogP contribution in [0.2, 0.25) is 0 Å². The molecule has 1 unspecified atom stereocenters. The van der Waals surface area contributed by atoms with Gasteiger partial charge in [-0.1, -0.05) is 25.1 Å².